The van der Waals surface area contributed by atoms with E-state index in [-0.39, 0.29) is 12.8 Å². The van der Waals surface area contributed by atoms with E-state index in [0.717, 1.165) is 12.8 Å². The van der Waals surface area contributed by atoms with Crippen molar-refractivity contribution in [2.45, 2.75) is 103 Å². The summed E-state index contributed by atoms with van der Waals surface area (Å²) in [5, 5.41) is 0. The van der Waals surface area contributed by atoms with E-state index in [1.54, 1.807) is 0 Å². The van der Waals surface area contributed by atoms with Crippen LogP contribution in [0.1, 0.15) is 79.1 Å². The third-order valence-corrected chi connectivity index (χ3v) is 5.01. The van der Waals surface area contributed by atoms with Crippen LogP contribution in [0.25, 0.3) is 0 Å². The average Bonchev–Trinajstić information content (AvgIpc) is 2.71. The Hall–Kier alpha value is -1.62. The highest BCUT2D eigenvalue weighted by Crippen LogP contribution is 2.53. The third kappa shape index (κ3) is 8.55. The zero-order valence-electron chi connectivity index (χ0n) is 19.9. The summed E-state index contributed by atoms with van der Waals surface area (Å²) >= 11 is 0. The van der Waals surface area contributed by atoms with Crippen LogP contribution in [-0.4, -0.2) is 48.8 Å². The van der Waals surface area contributed by atoms with Crippen molar-refractivity contribution in [2.75, 3.05) is 13.2 Å². The molecule has 0 fully saturated rings. The van der Waals surface area contributed by atoms with Crippen LogP contribution in [-0.2, 0) is 19.1 Å². The van der Waals surface area contributed by atoms with E-state index >= 15 is 0 Å². The molecular weight excluding hydrogens is 480 g/mol. The molecule has 0 radical (unpaired) electrons. The normalized spacial score (nSPS) is 13.5. The number of rotatable bonds is 17. The van der Waals surface area contributed by atoms with Crippen LogP contribution < -0.4 is 0 Å². The lowest BCUT2D eigenvalue weighted by Crippen LogP contribution is -2.66. The van der Waals surface area contributed by atoms with Gasteiger partial charge in [0, 0.05) is 0 Å². The van der Waals surface area contributed by atoms with E-state index in [0.29, 0.717) is 37.5 Å². The van der Waals surface area contributed by atoms with E-state index in [1.165, 1.54) is 0 Å². The molecule has 12 heteroatoms. The number of hydrogen-bond donors (Lipinski definition) is 0. The molecule has 0 aromatic heterocycles. The smallest absolute Gasteiger partial charge is 0.411 e. The van der Waals surface area contributed by atoms with Crippen LogP contribution in [0, 0.1) is 11.8 Å². The average molecular weight is 514 g/mol. The van der Waals surface area contributed by atoms with E-state index in [9.17, 15) is 44.7 Å². The summed E-state index contributed by atoms with van der Waals surface area (Å²) in [6.07, 6.45) is 3.48. The molecule has 0 unspecified atom stereocenters. The molecule has 0 aromatic carbocycles. The second kappa shape index (κ2) is 13.5. The predicted octanol–water partition coefficient (Wildman–Crippen LogP) is 7.05. The van der Waals surface area contributed by atoms with E-state index in [4.69, 9.17) is 0 Å². The van der Waals surface area contributed by atoms with Gasteiger partial charge in [-0.05, 0) is 24.7 Å². The van der Waals surface area contributed by atoms with E-state index < -0.39 is 48.8 Å². The van der Waals surface area contributed by atoms with Gasteiger partial charge in [-0.3, -0.25) is 0 Å². The van der Waals surface area contributed by atoms with Gasteiger partial charge in [0.15, 0.2) is 0 Å². The van der Waals surface area contributed by atoms with Crippen molar-refractivity contribution in [1.82, 2.24) is 0 Å². The van der Waals surface area contributed by atoms with E-state index in [1.807, 2.05) is 27.7 Å². The first-order valence-corrected chi connectivity index (χ1v) is 11.3. The molecule has 0 rings (SSSR count). The minimum Gasteiger partial charge on any atom is -0.461 e. The summed E-state index contributed by atoms with van der Waals surface area (Å²) in [7, 11) is 0. The Bertz CT molecular complexity index is 582. The van der Waals surface area contributed by atoms with Crippen LogP contribution in [0.15, 0.2) is 0 Å². The Morgan fingerprint density at radius 1 is 0.559 bits per heavy atom. The first kappa shape index (κ1) is 32.4. The quantitative estimate of drug-likeness (QED) is 0.119. The lowest BCUT2D eigenvalue weighted by atomic mass is 9.98. The molecule has 0 saturated heterocycles. The molecule has 0 bridgehead atoms. The summed E-state index contributed by atoms with van der Waals surface area (Å²) in [6.45, 7) is 6.10. The number of esters is 2. The second-order valence-corrected chi connectivity index (χ2v) is 9.06. The van der Waals surface area contributed by atoms with Gasteiger partial charge in [-0.2, -0.15) is 35.1 Å². The Morgan fingerprint density at radius 2 is 0.853 bits per heavy atom. The van der Waals surface area contributed by atoms with Gasteiger partial charge in [0.25, 0.3) is 0 Å². The second-order valence-electron chi connectivity index (χ2n) is 9.06. The Labute approximate surface area is 194 Å². The van der Waals surface area contributed by atoms with Crippen molar-refractivity contribution in [3.63, 3.8) is 0 Å². The Balaban J connectivity index is 5.04. The molecule has 0 aliphatic carbocycles. The molecule has 0 aliphatic rings. The highest BCUT2D eigenvalue weighted by atomic mass is 19.4. The molecule has 0 N–H and O–H groups in total. The molecule has 0 atom stereocenters. The van der Waals surface area contributed by atoms with Gasteiger partial charge in [-0.1, -0.05) is 66.2 Å². The van der Waals surface area contributed by atoms with Gasteiger partial charge >= 0.3 is 35.6 Å². The molecule has 4 nitrogen and oxygen atoms in total. The lowest BCUT2D eigenvalue weighted by Gasteiger charge is -2.34. The molecule has 0 spiro atoms. The van der Waals surface area contributed by atoms with Gasteiger partial charge in [0.2, 0.25) is 0 Å². The summed E-state index contributed by atoms with van der Waals surface area (Å²) < 4.78 is 119. The number of carbonyl (C=O) groups is 2. The number of unbranched alkanes of at least 4 members (excludes halogenated alkanes) is 4. The summed E-state index contributed by atoms with van der Waals surface area (Å²) in [6, 6.07) is 0. The highest BCUT2D eigenvalue weighted by Gasteiger charge is 2.85. The van der Waals surface area contributed by atoms with Gasteiger partial charge in [-0.25, -0.2) is 9.59 Å². The molecule has 0 aromatic rings. The maximum absolute atomic E-state index is 13.9. The molecule has 0 heterocycles. The zero-order chi connectivity index (χ0) is 26.8. The molecule has 34 heavy (non-hydrogen) atoms. The van der Waals surface area contributed by atoms with Gasteiger partial charge < -0.3 is 9.47 Å². The number of carbonyl (C=O) groups excluding carboxylic acids is 2. The first-order chi connectivity index (χ1) is 15.4. The fourth-order valence-corrected chi connectivity index (χ4v) is 2.82. The maximum atomic E-state index is 13.9. The topological polar surface area (TPSA) is 52.6 Å². The Kier molecular flexibility index (Phi) is 12.8. The SMILES string of the molecule is CC(C)CCCCCOC(=O)C(F)(F)C(F)(F)C(F)(F)C(F)(F)C(=O)OCCCCCC(C)C. The minimum atomic E-state index is -6.94. The fraction of sp³-hybridized carbons (Fsp3) is 0.909. The minimum absolute atomic E-state index is 0.0177. The number of alkyl halides is 8. The summed E-state index contributed by atoms with van der Waals surface area (Å²) in [5.74, 6) is -32.0. The standard InChI is InChI=1S/C22H34F8O4/c1-15(2)11-7-5-9-13-33-17(31)19(23,24)21(27,28)22(29,30)20(25,26)18(32)34-14-10-6-8-12-16(3)4/h15-16H,5-14H2,1-4H3. The molecule has 0 saturated carbocycles. The fourth-order valence-electron chi connectivity index (χ4n) is 2.82. The molecular formula is C22H34F8O4. The number of ether oxygens (including phenoxy) is 2. The highest BCUT2D eigenvalue weighted by molar-refractivity contribution is 5.82. The zero-order valence-corrected chi connectivity index (χ0v) is 19.9. The molecule has 0 aliphatic heterocycles. The Morgan fingerprint density at radius 3 is 1.12 bits per heavy atom. The maximum Gasteiger partial charge on any atom is 0.411 e. The monoisotopic (exact) mass is 514 g/mol. The van der Waals surface area contributed by atoms with E-state index in [2.05, 4.69) is 9.47 Å². The largest absolute Gasteiger partial charge is 0.461 e. The van der Waals surface area contributed by atoms with Crippen molar-refractivity contribution in [2.24, 2.45) is 11.8 Å². The van der Waals surface area contributed by atoms with Gasteiger partial charge in [-0.15, -0.1) is 0 Å². The van der Waals surface area contributed by atoms with Crippen molar-refractivity contribution in [1.29, 1.82) is 0 Å². The van der Waals surface area contributed by atoms with Crippen molar-refractivity contribution in [3.05, 3.63) is 0 Å². The van der Waals surface area contributed by atoms with Gasteiger partial charge in [0.1, 0.15) is 0 Å². The first-order valence-electron chi connectivity index (χ1n) is 11.3. The molecule has 0 amide bonds. The number of hydrogen-bond acceptors (Lipinski definition) is 4. The van der Waals surface area contributed by atoms with Crippen LogP contribution in [0.5, 0.6) is 0 Å². The molecule has 202 valence electrons. The predicted molar refractivity (Wildman–Crippen MR) is 108 cm³/mol. The number of halogens is 8. The third-order valence-electron chi connectivity index (χ3n) is 5.01. The lowest BCUT2D eigenvalue weighted by molar-refractivity contribution is -0.354. The summed E-state index contributed by atoms with van der Waals surface area (Å²) in [4.78, 5) is 22.7. The van der Waals surface area contributed by atoms with Crippen molar-refractivity contribution in [3.8, 4) is 0 Å². The summed E-state index contributed by atoms with van der Waals surface area (Å²) in [5.41, 5.74) is 0. The van der Waals surface area contributed by atoms with Crippen LogP contribution in [0.2, 0.25) is 0 Å². The van der Waals surface area contributed by atoms with Gasteiger partial charge in [0.05, 0.1) is 13.2 Å². The van der Waals surface area contributed by atoms with Crippen LogP contribution in [0.3, 0.4) is 0 Å². The van der Waals surface area contributed by atoms with Crippen molar-refractivity contribution >= 4 is 11.9 Å². The van der Waals surface area contributed by atoms with Crippen LogP contribution >= 0.6 is 0 Å². The van der Waals surface area contributed by atoms with Crippen molar-refractivity contribution < 1.29 is 54.2 Å². The van der Waals surface area contributed by atoms with Crippen LogP contribution in [0.4, 0.5) is 35.1 Å².